The number of nitrogens with one attached hydrogen (secondary N) is 1. The van der Waals surface area contributed by atoms with E-state index in [1.807, 2.05) is 67.6 Å². The monoisotopic (exact) mass is 384 g/mol. The number of rotatable bonds is 6. The SMILES string of the molecule is CCOc1ccc(-c2n[nH]c(=S)n2/N=C\C(Cl)=C\c2ccccc2)cc1. The molecule has 0 aliphatic carbocycles. The zero-order chi connectivity index (χ0) is 18.4. The fourth-order valence-corrected chi connectivity index (χ4v) is 2.66. The Hall–Kier alpha value is -2.70. The lowest BCUT2D eigenvalue weighted by atomic mass is 10.2. The summed E-state index contributed by atoms with van der Waals surface area (Å²) in [7, 11) is 0. The van der Waals surface area contributed by atoms with Crippen molar-refractivity contribution in [3.63, 3.8) is 0 Å². The van der Waals surface area contributed by atoms with Crippen molar-refractivity contribution in [2.45, 2.75) is 6.92 Å². The van der Waals surface area contributed by atoms with Gasteiger partial charge in [0.2, 0.25) is 4.77 Å². The second-order valence-electron chi connectivity index (χ2n) is 5.31. The Bertz CT molecular complexity index is 975. The number of allylic oxidation sites excluding steroid dienone is 1. The standard InChI is InChI=1S/C19H17ClN4OS/c1-2-25-17-10-8-15(9-11-17)18-22-23-19(26)24(18)21-13-16(20)12-14-6-4-3-5-7-14/h3-13H,2H2,1H3,(H,23,26)/b16-12-,21-13-. The number of aromatic nitrogens is 3. The summed E-state index contributed by atoms with van der Waals surface area (Å²) in [5.41, 5.74) is 1.85. The molecule has 0 amide bonds. The molecule has 0 unspecified atom stereocenters. The maximum atomic E-state index is 6.26. The maximum absolute atomic E-state index is 6.26. The van der Waals surface area contributed by atoms with Crippen LogP contribution in [0.4, 0.5) is 0 Å². The first-order valence-electron chi connectivity index (χ1n) is 8.04. The van der Waals surface area contributed by atoms with Gasteiger partial charge in [-0.3, -0.25) is 0 Å². The average Bonchev–Trinajstić information content (AvgIpc) is 3.02. The van der Waals surface area contributed by atoms with Crippen LogP contribution >= 0.6 is 23.8 Å². The number of halogens is 1. The fourth-order valence-electron chi connectivity index (χ4n) is 2.31. The quantitative estimate of drug-likeness (QED) is 0.474. The highest BCUT2D eigenvalue weighted by Gasteiger charge is 2.08. The molecule has 1 aromatic heterocycles. The minimum atomic E-state index is 0.384. The summed E-state index contributed by atoms with van der Waals surface area (Å²) in [6.45, 7) is 2.56. The van der Waals surface area contributed by atoms with Gasteiger partial charge in [-0.05, 0) is 55.0 Å². The van der Waals surface area contributed by atoms with Gasteiger partial charge in [-0.1, -0.05) is 41.9 Å². The molecule has 0 atom stereocenters. The summed E-state index contributed by atoms with van der Waals surface area (Å²) in [5.74, 6) is 1.40. The molecule has 0 aliphatic rings. The number of benzene rings is 2. The number of nitrogens with zero attached hydrogens (tertiary/aromatic N) is 3. The summed E-state index contributed by atoms with van der Waals surface area (Å²) < 4.78 is 7.38. The second kappa shape index (κ2) is 8.60. The van der Waals surface area contributed by atoms with Crippen molar-refractivity contribution in [2.75, 3.05) is 6.61 Å². The van der Waals surface area contributed by atoms with Crippen LogP contribution in [-0.2, 0) is 0 Å². The molecule has 0 radical (unpaired) electrons. The van der Waals surface area contributed by atoms with Crippen LogP contribution in [-0.4, -0.2) is 27.7 Å². The molecule has 1 N–H and O–H groups in total. The van der Waals surface area contributed by atoms with E-state index in [4.69, 9.17) is 28.6 Å². The van der Waals surface area contributed by atoms with Crippen LogP contribution in [0.2, 0.25) is 0 Å². The van der Waals surface area contributed by atoms with E-state index in [9.17, 15) is 0 Å². The zero-order valence-corrected chi connectivity index (χ0v) is 15.7. The number of H-pyrrole nitrogens is 1. The lowest BCUT2D eigenvalue weighted by molar-refractivity contribution is 0.340. The van der Waals surface area contributed by atoms with Crippen molar-refractivity contribution in [1.82, 2.24) is 14.9 Å². The van der Waals surface area contributed by atoms with Crippen LogP contribution in [0.25, 0.3) is 17.5 Å². The summed E-state index contributed by atoms with van der Waals surface area (Å²) in [5, 5.41) is 11.9. The highest BCUT2D eigenvalue weighted by Crippen LogP contribution is 2.21. The van der Waals surface area contributed by atoms with Crippen LogP contribution < -0.4 is 4.74 Å². The molecule has 7 heteroatoms. The molecule has 0 bridgehead atoms. The molecule has 3 rings (SSSR count). The van der Waals surface area contributed by atoms with Gasteiger partial charge in [0.05, 0.1) is 17.9 Å². The molecule has 3 aromatic rings. The van der Waals surface area contributed by atoms with Gasteiger partial charge in [0.15, 0.2) is 5.82 Å². The van der Waals surface area contributed by atoms with Gasteiger partial charge in [0.25, 0.3) is 0 Å². The molecule has 0 aliphatic heterocycles. The van der Waals surface area contributed by atoms with Crippen LogP contribution in [0.15, 0.2) is 64.7 Å². The second-order valence-corrected chi connectivity index (χ2v) is 6.13. The summed E-state index contributed by atoms with van der Waals surface area (Å²) in [4.78, 5) is 0. The van der Waals surface area contributed by atoms with Crippen molar-refractivity contribution in [3.8, 4) is 17.1 Å². The Morgan fingerprint density at radius 2 is 1.96 bits per heavy atom. The third-order valence-electron chi connectivity index (χ3n) is 3.47. The first-order valence-corrected chi connectivity index (χ1v) is 8.83. The topological polar surface area (TPSA) is 55.2 Å². The molecule has 1 heterocycles. The Morgan fingerprint density at radius 3 is 2.65 bits per heavy atom. The molecule has 132 valence electrons. The number of aromatic amines is 1. The van der Waals surface area contributed by atoms with E-state index >= 15 is 0 Å². The third-order valence-corrected chi connectivity index (χ3v) is 3.95. The first-order chi connectivity index (χ1) is 12.7. The summed E-state index contributed by atoms with van der Waals surface area (Å²) in [6, 6.07) is 17.3. The van der Waals surface area contributed by atoms with Crippen molar-refractivity contribution in [2.24, 2.45) is 5.10 Å². The smallest absolute Gasteiger partial charge is 0.216 e. The fraction of sp³-hybridized carbons (Fsp3) is 0.105. The predicted octanol–water partition coefficient (Wildman–Crippen LogP) is 5.12. The van der Waals surface area contributed by atoms with Gasteiger partial charge in [0.1, 0.15) is 5.75 Å². The lowest BCUT2D eigenvalue weighted by Gasteiger charge is -2.04. The summed E-state index contributed by atoms with van der Waals surface area (Å²) >= 11 is 11.5. The van der Waals surface area contributed by atoms with Crippen LogP contribution in [0.5, 0.6) is 5.75 Å². The van der Waals surface area contributed by atoms with E-state index in [2.05, 4.69) is 15.3 Å². The van der Waals surface area contributed by atoms with E-state index < -0.39 is 0 Å². The van der Waals surface area contributed by atoms with Crippen molar-refractivity contribution < 1.29 is 4.74 Å². The van der Waals surface area contributed by atoms with Gasteiger partial charge in [-0.2, -0.15) is 14.9 Å². The number of ether oxygens (including phenoxy) is 1. The first kappa shape index (κ1) is 18.1. The Labute approximate surface area is 161 Å². The van der Waals surface area contributed by atoms with E-state index in [-0.39, 0.29) is 0 Å². The highest BCUT2D eigenvalue weighted by molar-refractivity contribution is 7.71. The van der Waals surface area contributed by atoms with Gasteiger partial charge in [-0.15, -0.1) is 0 Å². The Balaban J connectivity index is 1.86. The van der Waals surface area contributed by atoms with E-state index in [1.165, 1.54) is 10.9 Å². The summed E-state index contributed by atoms with van der Waals surface area (Å²) in [6.07, 6.45) is 3.36. The normalized spacial score (nSPS) is 11.8. The van der Waals surface area contributed by atoms with E-state index in [0.29, 0.717) is 22.2 Å². The molecule has 0 spiro atoms. The van der Waals surface area contributed by atoms with Crippen LogP contribution in [0.3, 0.4) is 0 Å². The third kappa shape index (κ3) is 4.47. The number of hydrogen-bond acceptors (Lipinski definition) is 4. The minimum Gasteiger partial charge on any atom is -0.494 e. The van der Waals surface area contributed by atoms with Gasteiger partial charge < -0.3 is 4.74 Å². The molecule has 2 aromatic carbocycles. The lowest BCUT2D eigenvalue weighted by Crippen LogP contribution is -1.95. The van der Waals surface area contributed by atoms with Gasteiger partial charge in [0, 0.05) is 5.56 Å². The molecule has 5 nitrogen and oxygen atoms in total. The molecule has 26 heavy (non-hydrogen) atoms. The Morgan fingerprint density at radius 1 is 1.23 bits per heavy atom. The van der Waals surface area contributed by atoms with E-state index in [0.717, 1.165) is 16.9 Å². The number of hydrogen-bond donors (Lipinski definition) is 1. The maximum Gasteiger partial charge on any atom is 0.216 e. The van der Waals surface area contributed by atoms with Crippen molar-refractivity contribution >= 4 is 36.1 Å². The van der Waals surface area contributed by atoms with E-state index in [1.54, 1.807) is 0 Å². The Kier molecular flexibility index (Phi) is 5.99. The largest absolute Gasteiger partial charge is 0.494 e. The molecule has 0 fully saturated rings. The van der Waals surface area contributed by atoms with Crippen molar-refractivity contribution in [3.05, 3.63) is 70.0 Å². The molecular weight excluding hydrogens is 368 g/mol. The predicted molar refractivity (Wildman–Crippen MR) is 108 cm³/mol. The van der Waals surface area contributed by atoms with Crippen molar-refractivity contribution in [1.29, 1.82) is 0 Å². The zero-order valence-electron chi connectivity index (χ0n) is 14.1. The van der Waals surface area contributed by atoms with Crippen LogP contribution in [0.1, 0.15) is 12.5 Å². The average molecular weight is 385 g/mol. The van der Waals surface area contributed by atoms with Crippen LogP contribution in [0, 0.1) is 4.77 Å². The molecule has 0 saturated heterocycles. The van der Waals surface area contributed by atoms with Gasteiger partial charge in [-0.25, -0.2) is 5.10 Å². The van der Waals surface area contributed by atoms with Gasteiger partial charge >= 0.3 is 0 Å². The minimum absolute atomic E-state index is 0.384. The highest BCUT2D eigenvalue weighted by atomic mass is 35.5. The molecule has 0 saturated carbocycles. The molecular formula is C19H17ClN4OS.